The maximum atomic E-state index is 2.45. The Labute approximate surface area is 249 Å². The van der Waals surface area contributed by atoms with Crippen LogP contribution in [0.25, 0.3) is 96.7 Å². The van der Waals surface area contributed by atoms with Gasteiger partial charge in [0.05, 0.1) is 22.1 Å². The van der Waals surface area contributed by atoms with Gasteiger partial charge in [-0.15, -0.1) is 11.3 Å². The number of aromatic nitrogens is 2. The van der Waals surface area contributed by atoms with Crippen LogP contribution >= 0.6 is 11.3 Å². The first-order valence-corrected chi connectivity index (χ1v) is 15.6. The molecule has 0 bridgehead atoms. The van der Waals surface area contributed by atoms with E-state index in [0.29, 0.717) is 0 Å². The van der Waals surface area contributed by atoms with Gasteiger partial charge in [0.15, 0.2) is 0 Å². The predicted octanol–water partition coefficient (Wildman–Crippen LogP) is 11.4. The highest BCUT2D eigenvalue weighted by atomic mass is 32.1. The van der Waals surface area contributed by atoms with Crippen LogP contribution in [0.15, 0.2) is 133 Å². The van der Waals surface area contributed by atoms with Crippen molar-refractivity contribution < 1.29 is 0 Å². The van der Waals surface area contributed by atoms with Crippen LogP contribution in [0.3, 0.4) is 0 Å². The lowest BCUT2D eigenvalue weighted by Gasteiger charge is -2.09. The van der Waals surface area contributed by atoms with E-state index in [1.165, 1.54) is 96.7 Å². The molecule has 0 aliphatic rings. The quantitative estimate of drug-likeness (QED) is 0.185. The fraction of sp³-hybridized carbons (Fsp3) is 0. The van der Waals surface area contributed by atoms with Crippen LogP contribution in [-0.4, -0.2) is 9.13 Å². The minimum absolute atomic E-state index is 1.21. The molecule has 0 aliphatic heterocycles. The van der Waals surface area contributed by atoms with E-state index in [2.05, 4.69) is 143 Å². The number of fused-ring (bicyclic) bond motifs is 3. The molecule has 0 fully saturated rings. The van der Waals surface area contributed by atoms with Gasteiger partial charge in [0.2, 0.25) is 0 Å². The maximum absolute atomic E-state index is 2.45. The summed E-state index contributed by atoms with van der Waals surface area (Å²) in [6.07, 6.45) is 0. The van der Waals surface area contributed by atoms with E-state index in [1.807, 2.05) is 11.3 Å². The Morgan fingerprint density at radius 3 is 1.05 bits per heavy atom. The van der Waals surface area contributed by atoms with Crippen molar-refractivity contribution in [1.29, 1.82) is 0 Å². The van der Waals surface area contributed by atoms with Crippen LogP contribution in [0, 0.1) is 0 Å². The second-order valence-electron chi connectivity index (χ2n) is 11.8. The first-order chi connectivity index (χ1) is 21.3. The van der Waals surface area contributed by atoms with Crippen LogP contribution in [0.2, 0.25) is 0 Å². The van der Waals surface area contributed by atoms with Gasteiger partial charge < -0.3 is 9.13 Å². The third kappa shape index (κ3) is 2.74. The highest BCUT2D eigenvalue weighted by Crippen LogP contribution is 2.43. The molecule has 0 unspecified atom stereocenters. The molecule has 0 saturated heterocycles. The smallest absolute Gasteiger partial charge is 0.0547 e. The molecular weight excluding hydrogens is 541 g/mol. The van der Waals surface area contributed by atoms with Gasteiger partial charge in [-0.3, -0.25) is 0 Å². The minimum atomic E-state index is 1.21. The third-order valence-electron chi connectivity index (χ3n) is 9.60. The summed E-state index contributed by atoms with van der Waals surface area (Å²) in [7, 11) is 0. The molecule has 3 aromatic heterocycles. The van der Waals surface area contributed by atoms with Crippen LogP contribution < -0.4 is 0 Å². The number of nitrogens with zero attached hydrogens (tertiary/aromatic N) is 2. The van der Waals surface area contributed by atoms with Gasteiger partial charge in [-0.1, -0.05) is 72.8 Å². The van der Waals surface area contributed by atoms with Gasteiger partial charge in [0.1, 0.15) is 0 Å². The first-order valence-electron chi connectivity index (χ1n) is 14.8. The van der Waals surface area contributed by atoms with Gasteiger partial charge >= 0.3 is 0 Å². The summed E-state index contributed by atoms with van der Waals surface area (Å²) in [6.45, 7) is 0. The summed E-state index contributed by atoms with van der Waals surface area (Å²) < 4.78 is 7.54. The molecule has 11 aromatic rings. The van der Waals surface area contributed by atoms with Crippen LogP contribution in [0.1, 0.15) is 0 Å². The normalized spacial score (nSPS) is 12.7. The van der Waals surface area contributed by atoms with E-state index >= 15 is 0 Å². The number of hydrogen-bond donors (Lipinski definition) is 0. The van der Waals surface area contributed by atoms with E-state index in [1.54, 1.807) is 0 Å². The fourth-order valence-electron chi connectivity index (χ4n) is 7.83. The van der Waals surface area contributed by atoms with Crippen molar-refractivity contribution in [3.8, 4) is 11.4 Å². The summed E-state index contributed by atoms with van der Waals surface area (Å²) in [6, 6.07) is 49.7. The lowest BCUT2D eigenvalue weighted by Crippen LogP contribution is -1.94. The molecule has 0 radical (unpaired) electrons. The van der Waals surface area contributed by atoms with E-state index in [0.717, 1.165) is 0 Å². The number of thiophene rings is 1. The van der Waals surface area contributed by atoms with Crippen LogP contribution in [-0.2, 0) is 0 Å². The Hall–Kier alpha value is -5.38. The summed E-state index contributed by atoms with van der Waals surface area (Å²) in [5, 5.41) is 13.2. The zero-order valence-corrected chi connectivity index (χ0v) is 23.8. The van der Waals surface area contributed by atoms with E-state index < -0.39 is 0 Å². The Morgan fingerprint density at radius 2 is 0.698 bits per heavy atom. The average molecular weight is 563 g/mol. The molecule has 11 rings (SSSR count). The number of benzene rings is 8. The molecule has 3 heteroatoms. The highest BCUT2D eigenvalue weighted by Gasteiger charge is 2.19. The lowest BCUT2D eigenvalue weighted by atomic mass is 10.0. The lowest BCUT2D eigenvalue weighted by molar-refractivity contribution is 1.19. The third-order valence-corrected chi connectivity index (χ3v) is 10.8. The number of hydrogen-bond acceptors (Lipinski definition) is 1. The van der Waals surface area contributed by atoms with Crippen LogP contribution in [0.4, 0.5) is 0 Å². The predicted molar refractivity (Wildman–Crippen MR) is 185 cm³/mol. The summed E-state index contributed by atoms with van der Waals surface area (Å²) in [5.74, 6) is 0. The van der Waals surface area contributed by atoms with Gasteiger partial charge in [0.25, 0.3) is 0 Å². The van der Waals surface area contributed by atoms with Gasteiger partial charge in [-0.2, -0.15) is 0 Å². The van der Waals surface area contributed by atoms with Gasteiger partial charge in [-0.25, -0.2) is 0 Å². The SMILES string of the molecule is c1cc2ccc3cccc4c3c2c(c1)n4-c1ccc2sc3ccc(-n4c5cccc6ccc7cccc4c7c65)cc3c2c1. The van der Waals surface area contributed by atoms with Gasteiger partial charge in [-0.05, 0) is 82.2 Å². The molecule has 198 valence electrons. The molecule has 0 saturated carbocycles. The van der Waals surface area contributed by atoms with Crippen molar-refractivity contribution in [2.24, 2.45) is 0 Å². The standard InChI is InChI=1S/C40H22N2S/c1-5-23-13-14-24-6-2-10-32-38(24)37(23)31(9-1)41(32)27-17-19-35-29(21-27)30-22-28(18-20-36(30)43-35)42-33-11-3-7-25-15-16-26-8-4-12-34(42)40(26)39(25)33/h1-22H. The van der Waals surface area contributed by atoms with E-state index in [9.17, 15) is 0 Å². The molecule has 0 aliphatic carbocycles. The molecule has 0 spiro atoms. The van der Waals surface area contributed by atoms with Crippen molar-refractivity contribution in [2.75, 3.05) is 0 Å². The Balaban J connectivity index is 1.20. The average Bonchev–Trinajstić information content (AvgIpc) is 3.71. The fourth-order valence-corrected chi connectivity index (χ4v) is 8.89. The van der Waals surface area contributed by atoms with Gasteiger partial charge in [0, 0.05) is 53.1 Å². The second kappa shape index (κ2) is 7.71. The van der Waals surface area contributed by atoms with Crippen molar-refractivity contribution in [3.05, 3.63) is 133 Å². The van der Waals surface area contributed by atoms with Crippen molar-refractivity contribution >= 4 is 96.7 Å². The summed E-state index contributed by atoms with van der Waals surface area (Å²) in [5.41, 5.74) is 7.47. The molecule has 43 heavy (non-hydrogen) atoms. The Bertz CT molecular complexity index is 2560. The topological polar surface area (TPSA) is 9.86 Å². The Morgan fingerprint density at radius 1 is 0.349 bits per heavy atom. The van der Waals surface area contributed by atoms with E-state index in [4.69, 9.17) is 0 Å². The molecular formula is C40H22N2S. The molecule has 2 nitrogen and oxygen atoms in total. The molecule has 0 amide bonds. The van der Waals surface area contributed by atoms with Crippen molar-refractivity contribution in [2.45, 2.75) is 0 Å². The monoisotopic (exact) mass is 562 g/mol. The zero-order chi connectivity index (χ0) is 27.8. The first kappa shape index (κ1) is 22.2. The van der Waals surface area contributed by atoms with Crippen LogP contribution in [0.5, 0.6) is 0 Å². The molecule has 0 atom stereocenters. The zero-order valence-electron chi connectivity index (χ0n) is 23.0. The summed E-state index contributed by atoms with van der Waals surface area (Å²) >= 11 is 1.88. The second-order valence-corrected chi connectivity index (χ2v) is 12.8. The number of rotatable bonds is 2. The largest absolute Gasteiger partial charge is 0.309 e. The van der Waals surface area contributed by atoms with Crippen molar-refractivity contribution in [3.63, 3.8) is 0 Å². The maximum Gasteiger partial charge on any atom is 0.0547 e. The van der Waals surface area contributed by atoms with E-state index in [-0.39, 0.29) is 0 Å². The minimum Gasteiger partial charge on any atom is -0.309 e. The highest BCUT2D eigenvalue weighted by molar-refractivity contribution is 7.25. The molecule has 0 N–H and O–H groups in total. The molecule has 8 aromatic carbocycles. The van der Waals surface area contributed by atoms with Crippen molar-refractivity contribution in [1.82, 2.24) is 9.13 Å². The summed E-state index contributed by atoms with van der Waals surface area (Å²) in [4.78, 5) is 0. The Kier molecular flexibility index (Phi) is 3.99. The molecule has 3 heterocycles.